The van der Waals surface area contributed by atoms with Crippen molar-refractivity contribution in [3.05, 3.63) is 122 Å². The number of rotatable bonds is 59. The molecule has 0 aliphatic carbocycles. The van der Waals surface area contributed by atoms with Crippen LogP contribution in [0.5, 0.6) is 0 Å². The Morgan fingerprint density at radius 3 is 0.785 bits per heavy atom. The van der Waals surface area contributed by atoms with Crippen LogP contribution in [0.3, 0.4) is 0 Å². The Morgan fingerprint density at radius 1 is 0.266 bits per heavy atom. The van der Waals surface area contributed by atoms with Gasteiger partial charge < -0.3 is 14.2 Å². The summed E-state index contributed by atoms with van der Waals surface area (Å²) < 4.78 is 16.9. The molecule has 450 valence electrons. The lowest BCUT2D eigenvalue weighted by atomic mass is 10.1. The van der Waals surface area contributed by atoms with E-state index in [1.807, 2.05) is 0 Å². The number of ether oxygens (including phenoxy) is 3. The van der Waals surface area contributed by atoms with Crippen molar-refractivity contribution in [1.29, 1.82) is 0 Å². The number of unbranched alkanes of at least 4 members (excludes halogenated alkanes) is 28. The van der Waals surface area contributed by atoms with Crippen molar-refractivity contribution >= 4 is 17.9 Å². The second kappa shape index (κ2) is 66.3. The molecule has 6 heteroatoms. The maximum absolute atomic E-state index is 12.9. The summed E-state index contributed by atoms with van der Waals surface area (Å²) in [5, 5.41) is 0. The summed E-state index contributed by atoms with van der Waals surface area (Å²) in [5.41, 5.74) is 0. The van der Waals surface area contributed by atoms with E-state index >= 15 is 0 Å². The Kier molecular flexibility index (Phi) is 62.8. The Morgan fingerprint density at radius 2 is 0.494 bits per heavy atom. The number of carbonyl (C=O) groups excluding carboxylic acids is 3. The first kappa shape index (κ1) is 74.8. The third-order valence-corrected chi connectivity index (χ3v) is 13.9. The number of esters is 3. The Balaban J connectivity index is 4.27. The van der Waals surface area contributed by atoms with Gasteiger partial charge in [-0.05, 0) is 135 Å². The van der Waals surface area contributed by atoms with Crippen LogP contribution in [0.25, 0.3) is 0 Å². The molecule has 0 radical (unpaired) electrons. The third-order valence-electron chi connectivity index (χ3n) is 13.9. The van der Waals surface area contributed by atoms with E-state index < -0.39 is 6.10 Å². The molecule has 0 saturated heterocycles. The zero-order chi connectivity index (χ0) is 57.1. The van der Waals surface area contributed by atoms with Gasteiger partial charge in [-0.25, -0.2) is 0 Å². The fraction of sp³-hybridized carbons (Fsp3) is 0.685. The molecule has 79 heavy (non-hydrogen) atoms. The van der Waals surface area contributed by atoms with Crippen LogP contribution in [0.1, 0.15) is 303 Å². The summed E-state index contributed by atoms with van der Waals surface area (Å²) in [5.74, 6) is -0.908. The van der Waals surface area contributed by atoms with Gasteiger partial charge >= 0.3 is 17.9 Å². The minimum absolute atomic E-state index is 0.0883. The molecule has 0 amide bonds. The van der Waals surface area contributed by atoms with Crippen molar-refractivity contribution in [2.75, 3.05) is 13.2 Å². The molecule has 0 spiro atoms. The molecule has 1 unspecified atom stereocenters. The summed E-state index contributed by atoms with van der Waals surface area (Å²) in [4.78, 5) is 38.3. The van der Waals surface area contributed by atoms with Crippen molar-refractivity contribution in [2.45, 2.75) is 309 Å². The van der Waals surface area contributed by atoms with E-state index in [1.54, 1.807) is 0 Å². The van der Waals surface area contributed by atoms with Crippen LogP contribution in [0.15, 0.2) is 122 Å². The van der Waals surface area contributed by atoms with Gasteiger partial charge in [0, 0.05) is 19.3 Å². The van der Waals surface area contributed by atoms with Crippen LogP contribution in [0, 0.1) is 0 Å². The zero-order valence-corrected chi connectivity index (χ0v) is 51.6. The van der Waals surface area contributed by atoms with Gasteiger partial charge in [-0.15, -0.1) is 0 Å². The monoisotopic (exact) mass is 1090 g/mol. The number of hydrogen-bond acceptors (Lipinski definition) is 6. The Bertz CT molecular complexity index is 1640. The highest BCUT2D eigenvalue weighted by molar-refractivity contribution is 5.71. The summed E-state index contributed by atoms with van der Waals surface area (Å²) in [7, 11) is 0. The van der Waals surface area contributed by atoms with E-state index in [4.69, 9.17) is 14.2 Å². The van der Waals surface area contributed by atoms with Crippen LogP contribution in [0.2, 0.25) is 0 Å². The third kappa shape index (κ3) is 64.5. The smallest absolute Gasteiger partial charge is 0.306 e. The molecule has 0 rings (SSSR count). The molecule has 0 aromatic carbocycles. The van der Waals surface area contributed by atoms with E-state index in [1.165, 1.54) is 128 Å². The first-order valence-electron chi connectivity index (χ1n) is 33.0. The summed E-state index contributed by atoms with van der Waals surface area (Å²) in [6, 6.07) is 0. The number of allylic oxidation sites excluding steroid dienone is 20. The van der Waals surface area contributed by atoms with Crippen LogP contribution in [-0.2, 0) is 28.6 Å². The van der Waals surface area contributed by atoms with E-state index in [0.29, 0.717) is 19.3 Å². The molecular weight excluding hydrogens is 973 g/mol. The molecule has 0 aromatic rings. The highest BCUT2D eigenvalue weighted by atomic mass is 16.6. The molecule has 0 N–H and O–H groups in total. The van der Waals surface area contributed by atoms with Gasteiger partial charge in [-0.3, -0.25) is 14.4 Å². The van der Waals surface area contributed by atoms with E-state index in [0.717, 1.165) is 135 Å². The van der Waals surface area contributed by atoms with Crippen LogP contribution < -0.4 is 0 Å². The largest absolute Gasteiger partial charge is 0.462 e. The first-order chi connectivity index (χ1) is 39.0. The fourth-order valence-corrected chi connectivity index (χ4v) is 8.98. The molecule has 0 fully saturated rings. The maximum atomic E-state index is 12.9. The van der Waals surface area contributed by atoms with E-state index in [2.05, 4.69) is 142 Å². The quantitative estimate of drug-likeness (QED) is 0.0261. The molecular formula is C73H122O6. The van der Waals surface area contributed by atoms with Crippen LogP contribution >= 0.6 is 0 Å². The average Bonchev–Trinajstić information content (AvgIpc) is 3.45. The first-order valence-corrected chi connectivity index (χ1v) is 33.0. The lowest BCUT2D eigenvalue weighted by Crippen LogP contribution is -2.30. The average molecular weight is 1100 g/mol. The minimum Gasteiger partial charge on any atom is -0.462 e. The van der Waals surface area contributed by atoms with Crippen molar-refractivity contribution in [2.24, 2.45) is 0 Å². The Labute approximate surface area is 488 Å². The molecule has 6 nitrogen and oxygen atoms in total. The number of hydrogen-bond donors (Lipinski definition) is 0. The maximum Gasteiger partial charge on any atom is 0.306 e. The molecule has 0 aliphatic rings. The summed E-state index contributed by atoms with van der Waals surface area (Å²) in [6.07, 6.45) is 92.1. The zero-order valence-electron chi connectivity index (χ0n) is 51.6. The minimum atomic E-state index is -0.792. The highest BCUT2D eigenvalue weighted by Crippen LogP contribution is 2.15. The molecule has 0 bridgehead atoms. The number of carbonyl (C=O) groups is 3. The van der Waals surface area contributed by atoms with Gasteiger partial charge in [-0.2, -0.15) is 0 Å². The van der Waals surface area contributed by atoms with Crippen molar-refractivity contribution in [3.8, 4) is 0 Å². The predicted molar refractivity (Wildman–Crippen MR) is 343 cm³/mol. The standard InChI is InChI=1S/C73H122O6/c1-4-7-10-13-16-19-22-25-28-29-30-31-32-33-34-35-36-37-38-39-40-41-42-43-44-45-46-49-51-54-57-60-63-66-72(75)78-69-70(79-73(76)67-64-61-58-55-52-48-27-24-21-18-15-12-9-6-3)68-77-71(74)65-62-59-56-53-50-47-26-23-20-17-14-11-8-5-2/h7,10,16,19,23-28,30-31,33-34,36-37,39-40,42-43,70H,4-6,8-9,11-15,17-18,20-22,29,32,35,38,41,44-69H2,1-3H3/b10-7-,19-16-,26-23-,27-24-,28-25-,31-30-,34-33-,37-36-,40-39-,43-42-. The lowest BCUT2D eigenvalue weighted by Gasteiger charge is -2.18. The van der Waals surface area contributed by atoms with Crippen molar-refractivity contribution in [1.82, 2.24) is 0 Å². The fourth-order valence-electron chi connectivity index (χ4n) is 8.98. The van der Waals surface area contributed by atoms with Gasteiger partial charge in [0.25, 0.3) is 0 Å². The predicted octanol–water partition coefficient (Wildman–Crippen LogP) is 22.8. The normalized spacial score (nSPS) is 12.9. The molecule has 1 atom stereocenters. The van der Waals surface area contributed by atoms with Gasteiger partial charge in [0.2, 0.25) is 0 Å². The van der Waals surface area contributed by atoms with Crippen LogP contribution in [-0.4, -0.2) is 37.2 Å². The second-order valence-electron chi connectivity index (χ2n) is 21.6. The highest BCUT2D eigenvalue weighted by Gasteiger charge is 2.19. The van der Waals surface area contributed by atoms with E-state index in [-0.39, 0.29) is 31.1 Å². The summed E-state index contributed by atoms with van der Waals surface area (Å²) in [6.45, 7) is 6.50. The SMILES string of the molecule is CC/C=C\C/C=C\C/C=C\C/C=C\C/C=C\C/C=C\C/C=C\C/C=C\CCCCCCCCCCC(=O)OCC(COC(=O)CCCCCCC/C=C\CCCCCCC)OC(=O)CCCCCCC/C=C\CCCCCCC. The van der Waals surface area contributed by atoms with Gasteiger partial charge in [-0.1, -0.05) is 271 Å². The van der Waals surface area contributed by atoms with Gasteiger partial charge in [0.1, 0.15) is 13.2 Å². The molecule has 0 aromatic heterocycles. The van der Waals surface area contributed by atoms with E-state index in [9.17, 15) is 14.4 Å². The van der Waals surface area contributed by atoms with Crippen molar-refractivity contribution < 1.29 is 28.6 Å². The van der Waals surface area contributed by atoms with Crippen LogP contribution in [0.4, 0.5) is 0 Å². The summed E-state index contributed by atoms with van der Waals surface area (Å²) >= 11 is 0. The molecule has 0 saturated carbocycles. The Hall–Kier alpha value is -4.19. The lowest BCUT2D eigenvalue weighted by molar-refractivity contribution is -0.167. The van der Waals surface area contributed by atoms with Gasteiger partial charge in [0.05, 0.1) is 0 Å². The van der Waals surface area contributed by atoms with Crippen molar-refractivity contribution in [3.63, 3.8) is 0 Å². The van der Waals surface area contributed by atoms with Gasteiger partial charge in [0.15, 0.2) is 6.10 Å². The molecule has 0 heterocycles. The molecule has 0 aliphatic heterocycles. The second-order valence-corrected chi connectivity index (χ2v) is 21.6. The topological polar surface area (TPSA) is 78.9 Å².